The molecule has 0 heterocycles. The second kappa shape index (κ2) is 12.9. The Morgan fingerprint density at radius 2 is 0.750 bits per heavy atom. The Balaban J connectivity index is -0.000000107. The van der Waals surface area contributed by atoms with E-state index in [0.29, 0.717) is 0 Å². The van der Waals surface area contributed by atoms with Gasteiger partial charge in [0.25, 0.3) is 0 Å². The SMILES string of the molecule is Br.Br.Br.CC[PH](CC)(CC)CC. The minimum absolute atomic E-state index is 0. The fourth-order valence-corrected chi connectivity index (χ4v) is 4.50. The second-order valence-corrected chi connectivity index (χ2v) is 8.74. The zero-order valence-corrected chi connectivity index (χ0v) is 14.7. The summed E-state index contributed by atoms with van der Waals surface area (Å²) in [5, 5.41) is 0. The van der Waals surface area contributed by atoms with Gasteiger partial charge in [0.1, 0.15) is 0 Å². The predicted octanol–water partition coefficient (Wildman–Crippen LogP) is 4.55. The van der Waals surface area contributed by atoms with Gasteiger partial charge in [0.15, 0.2) is 0 Å². The summed E-state index contributed by atoms with van der Waals surface area (Å²) in [6, 6.07) is 0. The van der Waals surface area contributed by atoms with Gasteiger partial charge in [0.2, 0.25) is 0 Å². The van der Waals surface area contributed by atoms with Crippen molar-refractivity contribution in [1.29, 1.82) is 0 Å². The van der Waals surface area contributed by atoms with Crippen LogP contribution in [0.25, 0.3) is 0 Å². The number of hydrogen-bond donors (Lipinski definition) is 0. The summed E-state index contributed by atoms with van der Waals surface area (Å²) in [6.45, 7) is 9.46. The summed E-state index contributed by atoms with van der Waals surface area (Å²) >= 11 is 0. The molecule has 0 atom stereocenters. The molecule has 0 amide bonds. The first-order chi connectivity index (χ1) is 4.24. The van der Waals surface area contributed by atoms with Crippen LogP contribution in [-0.4, -0.2) is 24.6 Å². The van der Waals surface area contributed by atoms with Crippen LogP contribution < -0.4 is 0 Å². The van der Waals surface area contributed by atoms with Crippen molar-refractivity contribution in [2.24, 2.45) is 0 Å². The molecule has 0 aromatic carbocycles. The molecule has 0 rings (SSSR count). The van der Waals surface area contributed by atoms with Crippen LogP contribution in [0.1, 0.15) is 27.7 Å². The fourth-order valence-electron chi connectivity index (χ4n) is 1.50. The Labute approximate surface area is 110 Å². The van der Waals surface area contributed by atoms with E-state index in [1.165, 1.54) is 24.6 Å². The quantitative estimate of drug-likeness (QED) is 0.618. The third kappa shape index (κ3) is 7.29. The standard InChI is InChI=1S/C8H21P.3BrH/c1-5-9(6-2,7-3)8-4;;;/h9H,5-8H2,1-4H3;3*1H. The average Bonchev–Trinajstić information content (AvgIpc) is 1.95. The van der Waals surface area contributed by atoms with E-state index in [9.17, 15) is 0 Å². The van der Waals surface area contributed by atoms with Crippen LogP contribution in [0.5, 0.6) is 0 Å². The topological polar surface area (TPSA) is 0 Å². The van der Waals surface area contributed by atoms with Gasteiger partial charge in [-0.15, -0.1) is 50.9 Å². The molecule has 0 unspecified atom stereocenters. The number of rotatable bonds is 4. The summed E-state index contributed by atoms with van der Waals surface area (Å²) < 4.78 is 0. The third-order valence-corrected chi connectivity index (χ3v) is 9.00. The Kier molecular flexibility index (Phi) is 25.3. The molecule has 0 N–H and O–H groups in total. The monoisotopic (exact) mass is 388 g/mol. The van der Waals surface area contributed by atoms with E-state index in [0.717, 1.165) is 0 Å². The molecular weight excluding hydrogens is 367 g/mol. The predicted molar refractivity (Wildman–Crippen MR) is 81.4 cm³/mol. The van der Waals surface area contributed by atoms with E-state index in [4.69, 9.17) is 0 Å². The molecule has 0 aromatic rings. The summed E-state index contributed by atoms with van der Waals surface area (Å²) in [5.74, 6) is 0. The zero-order chi connectivity index (χ0) is 7.33. The molecule has 0 saturated heterocycles. The summed E-state index contributed by atoms with van der Waals surface area (Å²) in [4.78, 5) is 0. The molecule has 0 nitrogen and oxygen atoms in total. The first kappa shape index (κ1) is 23.6. The van der Waals surface area contributed by atoms with Gasteiger partial charge in [0, 0.05) is 0 Å². The second-order valence-electron chi connectivity index (χ2n) is 2.91. The van der Waals surface area contributed by atoms with Crippen molar-refractivity contribution in [2.75, 3.05) is 24.6 Å². The van der Waals surface area contributed by atoms with Gasteiger partial charge in [-0.3, -0.25) is 0 Å². The van der Waals surface area contributed by atoms with E-state index < -0.39 is 7.26 Å². The van der Waals surface area contributed by atoms with Gasteiger partial charge in [0.05, 0.1) is 0 Å². The fraction of sp³-hybridized carbons (Fsp3) is 1.00. The summed E-state index contributed by atoms with van der Waals surface area (Å²) in [6.07, 6.45) is 5.93. The summed E-state index contributed by atoms with van der Waals surface area (Å²) in [7, 11) is -0.691. The first-order valence-corrected chi connectivity index (χ1v) is 7.07. The Bertz CT molecular complexity index is 57.2. The molecule has 0 bridgehead atoms. The summed E-state index contributed by atoms with van der Waals surface area (Å²) in [5.41, 5.74) is 0. The molecule has 0 aliphatic heterocycles. The van der Waals surface area contributed by atoms with Crippen LogP contribution in [0.2, 0.25) is 0 Å². The van der Waals surface area contributed by atoms with Crippen molar-refractivity contribution < 1.29 is 0 Å². The molecule has 0 aliphatic carbocycles. The van der Waals surface area contributed by atoms with E-state index >= 15 is 0 Å². The first-order valence-electron chi connectivity index (χ1n) is 4.24. The van der Waals surface area contributed by atoms with Gasteiger partial charge in [-0.2, -0.15) is 0 Å². The number of halogens is 3. The average molecular weight is 391 g/mol. The molecule has 4 heteroatoms. The van der Waals surface area contributed by atoms with Gasteiger partial charge < -0.3 is 0 Å². The van der Waals surface area contributed by atoms with Crippen LogP contribution in [-0.2, 0) is 0 Å². The normalized spacial score (nSPS) is 10.3. The van der Waals surface area contributed by atoms with Crippen LogP contribution in [0, 0.1) is 0 Å². The van der Waals surface area contributed by atoms with E-state index in [2.05, 4.69) is 27.7 Å². The molecule has 0 spiro atoms. The molecule has 0 fully saturated rings. The Hall–Kier alpha value is 1.87. The van der Waals surface area contributed by atoms with Crippen molar-refractivity contribution in [1.82, 2.24) is 0 Å². The maximum absolute atomic E-state index is 2.36. The van der Waals surface area contributed by atoms with Crippen LogP contribution in [0.15, 0.2) is 0 Å². The van der Waals surface area contributed by atoms with E-state index in [1.54, 1.807) is 0 Å². The van der Waals surface area contributed by atoms with E-state index in [1.807, 2.05) is 0 Å². The number of hydrogen-bond acceptors (Lipinski definition) is 0. The third-order valence-electron chi connectivity index (χ3n) is 3.00. The molecule has 12 heavy (non-hydrogen) atoms. The minimum atomic E-state index is -0.691. The van der Waals surface area contributed by atoms with Crippen LogP contribution in [0.3, 0.4) is 0 Å². The molecule has 0 aromatic heterocycles. The van der Waals surface area contributed by atoms with Crippen molar-refractivity contribution in [3.8, 4) is 0 Å². The zero-order valence-electron chi connectivity index (χ0n) is 8.55. The van der Waals surface area contributed by atoms with Crippen molar-refractivity contribution in [3.63, 3.8) is 0 Å². The van der Waals surface area contributed by atoms with Gasteiger partial charge in [-0.1, -0.05) is 0 Å². The molecular formula is C8H24Br3P. The Morgan fingerprint density at radius 3 is 0.750 bits per heavy atom. The van der Waals surface area contributed by atoms with Gasteiger partial charge in [-0.25, -0.2) is 0 Å². The van der Waals surface area contributed by atoms with Gasteiger partial charge >= 0.3 is 59.6 Å². The van der Waals surface area contributed by atoms with Crippen LogP contribution in [0.4, 0.5) is 0 Å². The van der Waals surface area contributed by atoms with Crippen molar-refractivity contribution in [2.45, 2.75) is 27.7 Å². The Morgan fingerprint density at radius 1 is 0.583 bits per heavy atom. The molecule has 0 radical (unpaired) electrons. The van der Waals surface area contributed by atoms with Crippen molar-refractivity contribution in [3.05, 3.63) is 0 Å². The van der Waals surface area contributed by atoms with Crippen LogP contribution >= 0.6 is 58.2 Å². The van der Waals surface area contributed by atoms with E-state index in [-0.39, 0.29) is 50.9 Å². The van der Waals surface area contributed by atoms with Gasteiger partial charge in [-0.05, 0) is 0 Å². The molecule has 0 aliphatic rings. The molecule has 82 valence electrons. The van der Waals surface area contributed by atoms with Crippen molar-refractivity contribution >= 4 is 58.2 Å². The maximum atomic E-state index is 2.36. The molecule has 0 saturated carbocycles.